The van der Waals surface area contributed by atoms with Crippen LogP contribution >= 0.6 is 0 Å². The number of rotatable bonds is 6. The van der Waals surface area contributed by atoms with Crippen molar-refractivity contribution in [2.75, 3.05) is 39.3 Å². The van der Waals surface area contributed by atoms with Crippen molar-refractivity contribution in [2.24, 2.45) is 0 Å². The molecule has 1 aromatic carbocycles. The molecule has 0 spiro atoms. The molecule has 0 unspecified atom stereocenters. The molecular weight excluding hydrogens is 297 g/mol. The van der Waals surface area contributed by atoms with Crippen molar-refractivity contribution >= 4 is 6.03 Å². The zero-order valence-electron chi connectivity index (χ0n) is 13.3. The van der Waals surface area contributed by atoms with Gasteiger partial charge in [0.25, 0.3) is 0 Å². The van der Waals surface area contributed by atoms with Gasteiger partial charge in [-0.2, -0.15) is 0 Å². The van der Waals surface area contributed by atoms with Crippen LogP contribution in [0.15, 0.2) is 24.3 Å². The van der Waals surface area contributed by atoms with E-state index in [0.29, 0.717) is 18.4 Å². The summed E-state index contributed by atoms with van der Waals surface area (Å²) in [6.07, 6.45) is 3.15. The van der Waals surface area contributed by atoms with Gasteiger partial charge in [0.1, 0.15) is 11.6 Å². The van der Waals surface area contributed by atoms with Crippen LogP contribution in [0.4, 0.5) is 9.18 Å². The first kappa shape index (κ1) is 16.1. The highest BCUT2D eigenvalue weighted by atomic mass is 19.1. The second kappa shape index (κ2) is 7.64. The molecule has 2 fully saturated rings. The van der Waals surface area contributed by atoms with Crippen LogP contribution < -0.4 is 10.1 Å². The van der Waals surface area contributed by atoms with Gasteiger partial charge in [0.2, 0.25) is 0 Å². The van der Waals surface area contributed by atoms with Crippen LogP contribution in [-0.2, 0) is 0 Å². The molecule has 2 heterocycles. The standard InChI is InChI=1S/C17H24FN3O2/c18-14-4-6-16(7-5-14)23-12-2-10-20-9-1-3-15(13-20)21-11-8-19-17(21)22/h4-7,15H,1-3,8-13H2,(H,19,22)/t15-/m0/s1. The maximum Gasteiger partial charge on any atom is 0.317 e. The summed E-state index contributed by atoms with van der Waals surface area (Å²) < 4.78 is 18.4. The Labute approximate surface area is 136 Å². The van der Waals surface area contributed by atoms with Gasteiger partial charge in [-0.25, -0.2) is 9.18 Å². The van der Waals surface area contributed by atoms with Crippen LogP contribution in [0.1, 0.15) is 19.3 Å². The summed E-state index contributed by atoms with van der Waals surface area (Å²) in [7, 11) is 0. The molecule has 1 N–H and O–H groups in total. The number of urea groups is 1. The molecule has 2 aliphatic heterocycles. The Morgan fingerprint density at radius 3 is 2.83 bits per heavy atom. The van der Waals surface area contributed by atoms with Gasteiger partial charge in [-0.3, -0.25) is 0 Å². The summed E-state index contributed by atoms with van der Waals surface area (Å²) in [5.41, 5.74) is 0. The van der Waals surface area contributed by atoms with Gasteiger partial charge in [-0.15, -0.1) is 0 Å². The zero-order valence-corrected chi connectivity index (χ0v) is 13.3. The average Bonchev–Trinajstić information content (AvgIpc) is 3.00. The Morgan fingerprint density at radius 2 is 2.09 bits per heavy atom. The Hall–Kier alpha value is -1.82. The highest BCUT2D eigenvalue weighted by Gasteiger charge is 2.30. The molecule has 0 aromatic heterocycles. The molecule has 0 bridgehead atoms. The highest BCUT2D eigenvalue weighted by molar-refractivity contribution is 5.76. The summed E-state index contributed by atoms with van der Waals surface area (Å²) in [5, 5.41) is 2.88. The molecule has 0 aliphatic carbocycles. The third-order valence-corrected chi connectivity index (χ3v) is 4.51. The van der Waals surface area contributed by atoms with Crippen molar-refractivity contribution in [3.8, 4) is 5.75 Å². The van der Waals surface area contributed by atoms with E-state index in [1.165, 1.54) is 12.1 Å². The van der Waals surface area contributed by atoms with Crippen LogP contribution in [0.5, 0.6) is 5.75 Å². The maximum atomic E-state index is 12.8. The Bertz CT molecular complexity index is 523. The maximum absolute atomic E-state index is 12.8. The number of carbonyl (C=O) groups is 1. The molecule has 5 nitrogen and oxygen atoms in total. The lowest BCUT2D eigenvalue weighted by Crippen LogP contribution is -2.49. The number of nitrogens with one attached hydrogen (secondary N) is 1. The van der Waals surface area contributed by atoms with Gasteiger partial charge >= 0.3 is 6.03 Å². The van der Waals surface area contributed by atoms with Crippen molar-refractivity contribution < 1.29 is 13.9 Å². The van der Waals surface area contributed by atoms with E-state index in [4.69, 9.17) is 4.74 Å². The number of carbonyl (C=O) groups excluding carboxylic acids is 1. The van der Waals surface area contributed by atoms with E-state index in [-0.39, 0.29) is 11.8 Å². The quantitative estimate of drug-likeness (QED) is 0.816. The second-order valence-corrected chi connectivity index (χ2v) is 6.18. The number of amides is 2. The smallest absolute Gasteiger partial charge is 0.317 e. The van der Waals surface area contributed by atoms with E-state index < -0.39 is 0 Å². The molecule has 3 rings (SSSR count). The number of hydrogen-bond donors (Lipinski definition) is 1. The number of nitrogens with zero attached hydrogens (tertiary/aromatic N) is 2. The van der Waals surface area contributed by atoms with Gasteiger partial charge in [0.15, 0.2) is 0 Å². The Kier molecular flexibility index (Phi) is 5.33. The fourth-order valence-electron chi connectivity index (χ4n) is 3.33. The van der Waals surface area contributed by atoms with E-state index >= 15 is 0 Å². The average molecular weight is 321 g/mol. The summed E-state index contributed by atoms with van der Waals surface area (Å²) in [5.74, 6) is 0.458. The number of piperidine rings is 1. The fraction of sp³-hybridized carbons (Fsp3) is 0.588. The van der Waals surface area contributed by atoms with Crippen molar-refractivity contribution in [3.63, 3.8) is 0 Å². The van der Waals surface area contributed by atoms with Gasteiger partial charge in [-0.05, 0) is 50.1 Å². The lowest BCUT2D eigenvalue weighted by atomic mass is 10.0. The van der Waals surface area contributed by atoms with E-state index in [1.54, 1.807) is 12.1 Å². The van der Waals surface area contributed by atoms with Gasteiger partial charge in [0, 0.05) is 32.2 Å². The van der Waals surface area contributed by atoms with Crippen LogP contribution in [0, 0.1) is 5.82 Å². The van der Waals surface area contributed by atoms with Crippen LogP contribution in [0.25, 0.3) is 0 Å². The fourth-order valence-corrected chi connectivity index (χ4v) is 3.33. The van der Waals surface area contributed by atoms with Crippen molar-refractivity contribution in [1.82, 2.24) is 15.1 Å². The molecule has 2 saturated heterocycles. The van der Waals surface area contributed by atoms with Crippen LogP contribution in [-0.4, -0.2) is 61.2 Å². The lowest BCUT2D eigenvalue weighted by Gasteiger charge is -2.37. The Morgan fingerprint density at radius 1 is 1.26 bits per heavy atom. The lowest BCUT2D eigenvalue weighted by molar-refractivity contribution is 0.121. The van der Waals surface area contributed by atoms with E-state index in [0.717, 1.165) is 52.0 Å². The highest BCUT2D eigenvalue weighted by Crippen LogP contribution is 2.18. The monoisotopic (exact) mass is 321 g/mol. The third-order valence-electron chi connectivity index (χ3n) is 4.51. The third kappa shape index (κ3) is 4.34. The molecule has 126 valence electrons. The molecule has 2 amide bonds. The van der Waals surface area contributed by atoms with Gasteiger partial charge < -0.3 is 19.9 Å². The number of benzene rings is 1. The first-order valence-corrected chi connectivity index (χ1v) is 8.37. The number of hydrogen-bond acceptors (Lipinski definition) is 3. The van der Waals surface area contributed by atoms with Gasteiger partial charge in [-0.1, -0.05) is 0 Å². The molecule has 1 atom stereocenters. The summed E-state index contributed by atoms with van der Waals surface area (Å²) >= 11 is 0. The first-order valence-electron chi connectivity index (χ1n) is 8.37. The predicted molar refractivity (Wildman–Crippen MR) is 86.1 cm³/mol. The molecule has 1 aromatic rings. The minimum Gasteiger partial charge on any atom is -0.494 e. The van der Waals surface area contributed by atoms with E-state index in [9.17, 15) is 9.18 Å². The number of halogens is 1. The van der Waals surface area contributed by atoms with Crippen molar-refractivity contribution in [3.05, 3.63) is 30.1 Å². The summed E-state index contributed by atoms with van der Waals surface area (Å²) in [4.78, 5) is 16.2. The summed E-state index contributed by atoms with van der Waals surface area (Å²) in [6, 6.07) is 6.54. The molecule has 0 saturated carbocycles. The molecule has 2 aliphatic rings. The largest absolute Gasteiger partial charge is 0.494 e. The van der Waals surface area contributed by atoms with Crippen LogP contribution in [0.3, 0.4) is 0 Å². The predicted octanol–water partition coefficient (Wildman–Crippen LogP) is 2.08. The SMILES string of the molecule is O=C1NCCN1[C@H]1CCCN(CCCOc2ccc(F)cc2)C1. The number of likely N-dealkylation sites (tertiary alicyclic amines) is 1. The Balaban J connectivity index is 1.38. The molecular formula is C17H24FN3O2. The van der Waals surface area contributed by atoms with Crippen LogP contribution in [0.2, 0.25) is 0 Å². The topological polar surface area (TPSA) is 44.8 Å². The van der Waals surface area contributed by atoms with Crippen molar-refractivity contribution in [1.29, 1.82) is 0 Å². The molecule has 0 radical (unpaired) electrons. The minimum atomic E-state index is -0.248. The summed E-state index contributed by atoms with van der Waals surface area (Å²) in [6.45, 7) is 5.21. The minimum absolute atomic E-state index is 0.0801. The first-order chi connectivity index (χ1) is 11.2. The second-order valence-electron chi connectivity index (χ2n) is 6.18. The zero-order chi connectivity index (χ0) is 16.1. The molecule has 6 heteroatoms. The van der Waals surface area contributed by atoms with E-state index in [2.05, 4.69) is 10.2 Å². The van der Waals surface area contributed by atoms with E-state index in [1.807, 2.05) is 4.90 Å². The van der Waals surface area contributed by atoms with Crippen molar-refractivity contribution in [2.45, 2.75) is 25.3 Å². The number of ether oxygens (including phenoxy) is 1. The molecule has 23 heavy (non-hydrogen) atoms. The normalized spacial score (nSPS) is 22.2. The van der Waals surface area contributed by atoms with Gasteiger partial charge in [0.05, 0.1) is 6.61 Å².